The molecule has 14 heavy (non-hydrogen) atoms. The van der Waals surface area contributed by atoms with Gasteiger partial charge in [-0.25, -0.2) is 0 Å². The number of nitrogens with two attached hydrogens (primary N) is 1. The second-order valence-electron chi connectivity index (χ2n) is 4.14. The monoisotopic (exact) mass is 200 g/mol. The summed E-state index contributed by atoms with van der Waals surface area (Å²) in [5.74, 6) is 0.651. The molecule has 3 heteroatoms. The first-order chi connectivity index (χ1) is 6.52. The predicted octanol–water partition coefficient (Wildman–Crippen LogP) is 1.52. The zero-order valence-electron chi connectivity index (χ0n) is 9.84. The Morgan fingerprint density at radius 1 is 1.29 bits per heavy atom. The quantitative estimate of drug-likeness (QED) is 0.683. The molecule has 0 saturated carbocycles. The van der Waals surface area contributed by atoms with E-state index in [9.17, 15) is 4.79 Å². The van der Waals surface area contributed by atoms with E-state index in [4.69, 9.17) is 5.73 Å². The van der Waals surface area contributed by atoms with Crippen molar-refractivity contribution in [2.24, 2.45) is 17.6 Å². The first-order valence-electron chi connectivity index (χ1n) is 5.56. The van der Waals surface area contributed by atoms with Crippen molar-refractivity contribution in [3.63, 3.8) is 0 Å². The molecule has 0 aliphatic rings. The summed E-state index contributed by atoms with van der Waals surface area (Å²) in [7, 11) is 0. The van der Waals surface area contributed by atoms with Gasteiger partial charge in [-0.05, 0) is 5.92 Å². The highest BCUT2D eigenvalue weighted by Gasteiger charge is 2.15. The summed E-state index contributed by atoms with van der Waals surface area (Å²) in [6.45, 7) is 8.65. The Hall–Kier alpha value is -0.570. The van der Waals surface area contributed by atoms with E-state index in [2.05, 4.69) is 19.2 Å². The van der Waals surface area contributed by atoms with Gasteiger partial charge in [-0.15, -0.1) is 0 Å². The minimum Gasteiger partial charge on any atom is -0.354 e. The number of rotatable bonds is 6. The van der Waals surface area contributed by atoms with Crippen LogP contribution in [0.2, 0.25) is 0 Å². The molecule has 1 atom stereocenters. The molecule has 0 heterocycles. The molecule has 0 aromatic carbocycles. The molecule has 0 aliphatic heterocycles. The summed E-state index contributed by atoms with van der Waals surface area (Å²) in [4.78, 5) is 11.3. The molecule has 1 amide bonds. The summed E-state index contributed by atoms with van der Waals surface area (Å²) >= 11 is 0. The van der Waals surface area contributed by atoms with Crippen LogP contribution in [-0.2, 0) is 4.79 Å². The Morgan fingerprint density at radius 3 is 2.14 bits per heavy atom. The molecule has 0 aliphatic carbocycles. The minimum atomic E-state index is 0.0453. The van der Waals surface area contributed by atoms with E-state index in [1.54, 1.807) is 0 Å². The highest BCUT2D eigenvalue weighted by atomic mass is 16.1. The van der Waals surface area contributed by atoms with Crippen molar-refractivity contribution in [2.75, 3.05) is 6.54 Å². The molecular formula is C11H24N2O. The van der Waals surface area contributed by atoms with Crippen molar-refractivity contribution in [3.8, 4) is 0 Å². The summed E-state index contributed by atoms with van der Waals surface area (Å²) in [6.07, 6.45) is 2.16. The van der Waals surface area contributed by atoms with Crippen molar-refractivity contribution in [2.45, 2.75) is 46.6 Å². The van der Waals surface area contributed by atoms with Crippen LogP contribution in [0.3, 0.4) is 0 Å². The van der Waals surface area contributed by atoms with Crippen LogP contribution >= 0.6 is 0 Å². The number of nitrogens with one attached hydrogen (secondary N) is 1. The first kappa shape index (κ1) is 13.4. The number of hydrogen-bond acceptors (Lipinski definition) is 2. The molecule has 0 rings (SSSR count). The normalized spacial score (nSPS) is 13.4. The van der Waals surface area contributed by atoms with Gasteiger partial charge in [-0.1, -0.05) is 40.5 Å². The van der Waals surface area contributed by atoms with Crippen molar-refractivity contribution < 1.29 is 4.79 Å². The maximum Gasteiger partial charge on any atom is 0.222 e. The van der Waals surface area contributed by atoms with E-state index < -0.39 is 0 Å². The second-order valence-corrected chi connectivity index (χ2v) is 4.14. The van der Waals surface area contributed by atoms with E-state index in [0.29, 0.717) is 12.5 Å². The third-order valence-electron chi connectivity index (χ3n) is 2.69. The molecule has 3 nitrogen and oxygen atoms in total. The third-order valence-corrected chi connectivity index (χ3v) is 2.69. The van der Waals surface area contributed by atoms with Gasteiger partial charge in [0.25, 0.3) is 0 Å². The zero-order valence-corrected chi connectivity index (χ0v) is 9.84. The average molecular weight is 200 g/mol. The molecule has 0 aromatic heterocycles. The van der Waals surface area contributed by atoms with Crippen LogP contribution in [0.15, 0.2) is 0 Å². The summed E-state index contributed by atoms with van der Waals surface area (Å²) in [5.41, 5.74) is 5.97. The molecule has 0 saturated heterocycles. The highest BCUT2D eigenvalue weighted by Crippen LogP contribution is 2.10. The number of carbonyl (C=O) groups is 1. The second kappa shape index (κ2) is 6.82. The number of amides is 1. The lowest BCUT2D eigenvalue weighted by molar-refractivity contribution is -0.124. The van der Waals surface area contributed by atoms with Gasteiger partial charge in [-0.2, -0.15) is 0 Å². The Kier molecular flexibility index (Phi) is 6.54. The molecular weight excluding hydrogens is 176 g/mol. The smallest absolute Gasteiger partial charge is 0.222 e. The van der Waals surface area contributed by atoms with Crippen molar-refractivity contribution >= 4 is 5.91 Å². The molecule has 0 bridgehead atoms. The Morgan fingerprint density at radius 2 is 1.79 bits per heavy atom. The van der Waals surface area contributed by atoms with Crippen molar-refractivity contribution in [1.29, 1.82) is 0 Å². The van der Waals surface area contributed by atoms with Gasteiger partial charge < -0.3 is 11.1 Å². The lowest BCUT2D eigenvalue weighted by Crippen LogP contribution is -2.42. The van der Waals surface area contributed by atoms with Crippen LogP contribution in [0, 0.1) is 11.8 Å². The minimum absolute atomic E-state index is 0.0453. The average Bonchev–Trinajstić information content (AvgIpc) is 2.15. The Balaban J connectivity index is 3.83. The summed E-state index contributed by atoms with van der Waals surface area (Å²) in [5, 5.41) is 2.87. The molecule has 1 unspecified atom stereocenters. The molecule has 3 N–H and O–H groups in total. The van der Waals surface area contributed by atoms with Crippen LogP contribution in [0.4, 0.5) is 0 Å². The van der Waals surface area contributed by atoms with Crippen LogP contribution in [0.5, 0.6) is 0 Å². The maximum absolute atomic E-state index is 11.3. The summed E-state index contributed by atoms with van der Waals surface area (Å²) < 4.78 is 0. The molecule has 0 spiro atoms. The van der Waals surface area contributed by atoms with Gasteiger partial charge in [0.1, 0.15) is 0 Å². The van der Waals surface area contributed by atoms with Gasteiger partial charge >= 0.3 is 0 Å². The predicted molar refractivity (Wildman–Crippen MR) is 59.9 cm³/mol. The number of carbonyl (C=O) groups excluding carboxylic acids is 1. The topological polar surface area (TPSA) is 55.1 Å². The van der Waals surface area contributed by atoms with Crippen LogP contribution in [-0.4, -0.2) is 18.5 Å². The maximum atomic E-state index is 11.3. The van der Waals surface area contributed by atoms with E-state index in [1.807, 2.05) is 13.8 Å². The van der Waals surface area contributed by atoms with Gasteiger partial charge in [0.05, 0.1) is 0 Å². The SMILES string of the molecule is CCC(CC)C(N)CNC(=O)C(C)C. The van der Waals surface area contributed by atoms with Crippen LogP contribution in [0.25, 0.3) is 0 Å². The van der Waals surface area contributed by atoms with Gasteiger partial charge in [0.15, 0.2) is 0 Å². The first-order valence-corrected chi connectivity index (χ1v) is 5.56. The lowest BCUT2D eigenvalue weighted by Gasteiger charge is -2.21. The molecule has 84 valence electrons. The van der Waals surface area contributed by atoms with Crippen LogP contribution < -0.4 is 11.1 Å². The standard InChI is InChI=1S/C11H24N2O/c1-5-9(6-2)10(12)7-13-11(14)8(3)4/h8-10H,5-7,12H2,1-4H3,(H,13,14). The zero-order chi connectivity index (χ0) is 11.1. The third kappa shape index (κ3) is 4.61. The Labute approximate surface area is 87.4 Å². The molecule has 0 fully saturated rings. The van der Waals surface area contributed by atoms with Crippen LogP contribution in [0.1, 0.15) is 40.5 Å². The van der Waals surface area contributed by atoms with Crippen molar-refractivity contribution in [1.82, 2.24) is 5.32 Å². The van der Waals surface area contributed by atoms with Gasteiger partial charge in [0, 0.05) is 18.5 Å². The molecule has 0 radical (unpaired) electrons. The van der Waals surface area contributed by atoms with Gasteiger partial charge in [-0.3, -0.25) is 4.79 Å². The largest absolute Gasteiger partial charge is 0.354 e. The fourth-order valence-corrected chi connectivity index (χ4v) is 1.48. The molecule has 0 aromatic rings. The van der Waals surface area contributed by atoms with E-state index in [0.717, 1.165) is 12.8 Å². The fourth-order valence-electron chi connectivity index (χ4n) is 1.48. The lowest BCUT2D eigenvalue weighted by atomic mass is 9.95. The highest BCUT2D eigenvalue weighted by molar-refractivity contribution is 5.77. The number of hydrogen-bond donors (Lipinski definition) is 2. The van der Waals surface area contributed by atoms with E-state index in [-0.39, 0.29) is 17.9 Å². The van der Waals surface area contributed by atoms with E-state index >= 15 is 0 Å². The van der Waals surface area contributed by atoms with E-state index in [1.165, 1.54) is 0 Å². The summed E-state index contributed by atoms with van der Waals surface area (Å²) in [6, 6.07) is 0.0905. The van der Waals surface area contributed by atoms with Gasteiger partial charge in [0.2, 0.25) is 5.91 Å². The van der Waals surface area contributed by atoms with Crippen molar-refractivity contribution in [3.05, 3.63) is 0 Å². The Bertz CT molecular complexity index is 165. The fraction of sp³-hybridized carbons (Fsp3) is 0.909.